The van der Waals surface area contributed by atoms with Gasteiger partial charge in [-0.3, -0.25) is 0 Å². The Hall–Kier alpha value is -0.580. The zero-order valence-electron chi connectivity index (χ0n) is 8.49. The molecule has 0 saturated heterocycles. The molecule has 4 heteroatoms. The van der Waals surface area contributed by atoms with Crippen molar-refractivity contribution < 1.29 is 4.42 Å². The van der Waals surface area contributed by atoms with Gasteiger partial charge in [-0.05, 0) is 46.1 Å². The van der Waals surface area contributed by atoms with Gasteiger partial charge in [0.25, 0.3) is 0 Å². The summed E-state index contributed by atoms with van der Waals surface area (Å²) < 4.78 is 7.34. The molecule has 0 fully saturated rings. The van der Waals surface area contributed by atoms with Crippen LogP contribution in [0.25, 0.3) is 0 Å². The topological polar surface area (TPSA) is 39.2 Å². The first kappa shape index (κ1) is 11.9. The molecule has 0 saturated carbocycles. The lowest BCUT2D eigenvalue weighted by Crippen LogP contribution is -2.12. The highest BCUT2D eigenvalue weighted by Crippen LogP contribution is 2.25. The smallest absolute Gasteiger partial charge is 0.134 e. The predicted octanol–water partition coefficient (Wildman–Crippen LogP) is 4.05. The van der Waals surface area contributed by atoms with E-state index in [4.69, 9.17) is 10.2 Å². The first-order valence-electron chi connectivity index (χ1n) is 4.89. The van der Waals surface area contributed by atoms with Crippen molar-refractivity contribution in [2.75, 3.05) is 0 Å². The molecule has 2 N–H and O–H groups in total. The van der Waals surface area contributed by atoms with E-state index in [9.17, 15) is 0 Å². The molecule has 0 spiro atoms. The average molecular weight is 345 g/mol. The summed E-state index contributed by atoms with van der Waals surface area (Å²) in [6.45, 7) is 0. The minimum Gasteiger partial charge on any atom is -0.466 e. The number of furan rings is 1. The molecule has 0 radical (unpaired) electrons. The number of hydrogen-bond donors (Lipinski definition) is 1. The van der Waals surface area contributed by atoms with Crippen LogP contribution in [0.4, 0.5) is 0 Å². The Labute approximate surface area is 111 Å². The van der Waals surface area contributed by atoms with Crippen LogP contribution >= 0.6 is 31.9 Å². The standard InChI is InChI=1S/C12H11Br2NO/c13-9-3-1-8(2-4-9)7-11(15)12-10(14)5-6-16-12/h1-6,11H,7,15H2. The third-order valence-electron chi connectivity index (χ3n) is 2.35. The van der Waals surface area contributed by atoms with Gasteiger partial charge in [0, 0.05) is 4.47 Å². The van der Waals surface area contributed by atoms with Gasteiger partial charge in [-0.2, -0.15) is 0 Å². The normalized spacial score (nSPS) is 12.7. The molecule has 1 atom stereocenters. The molecular weight excluding hydrogens is 334 g/mol. The third-order valence-corrected chi connectivity index (χ3v) is 3.53. The number of rotatable bonds is 3. The summed E-state index contributed by atoms with van der Waals surface area (Å²) in [4.78, 5) is 0. The zero-order valence-corrected chi connectivity index (χ0v) is 11.7. The van der Waals surface area contributed by atoms with Gasteiger partial charge in [-0.15, -0.1) is 0 Å². The summed E-state index contributed by atoms with van der Waals surface area (Å²) in [5.41, 5.74) is 7.27. The fourth-order valence-corrected chi connectivity index (χ4v) is 2.30. The van der Waals surface area contributed by atoms with Crippen molar-refractivity contribution in [3.8, 4) is 0 Å². The molecule has 2 nitrogen and oxygen atoms in total. The molecule has 84 valence electrons. The van der Waals surface area contributed by atoms with Crippen LogP contribution in [0, 0.1) is 0 Å². The van der Waals surface area contributed by atoms with E-state index in [0.717, 1.165) is 21.1 Å². The van der Waals surface area contributed by atoms with Crippen LogP contribution in [-0.2, 0) is 6.42 Å². The first-order chi connectivity index (χ1) is 7.66. The van der Waals surface area contributed by atoms with Gasteiger partial charge < -0.3 is 10.2 Å². The molecule has 2 aromatic rings. The number of halogens is 2. The molecule has 1 heterocycles. The van der Waals surface area contributed by atoms with Crippen LogP contribution in [-0.4, -0.2) is 0 Å². The molecule has 0 amide bonds. The van der Waals surface area contributed by atoms with Gasteiger partial charge in [-0.1, -0.05) is 28.1 Å². The largest absolute Gasteiger partial charge is 0.466 e. The van der Waals surface area contributed by atoms with E-state index in [2.05, 4.69) is 44.0 Å². The van der Waals surface area contributed by atoms with E-state index in [-0.39, 0.29) is 6.04 Å². The van der Waals surface area contributed by atoms with Crippen LogP contribution in [0.2, 0.25) is 0 Å². The lowest BCUT2D eigenvalue weighted by atomic mass is 10.1. The van der Waals surface area contributed by atoms with Crippen molar-refractivity contribution in [1.29, 1.82) is 0 Å². The number of nitrogens with two attached hydrogens (primary N) is 1. The highest BCUT2D eigenvalue weighted by Gasteiger charge is 2.13. The average Bonchev–Trinajstić information content (AvgIpc) is 2.68. The van der Waals surface area contributed by atoms with Gasteiger partial charge >= 0.3 is 0 Å². The molecule has 1 unspecified atom stereocenters. The van der Waals surface area contributed by atoms with Crippen molar-refractivity contribution in [3.05, 3.63) is 56.9 Å². The van der Waals surface area contributed by atoms with Crippen molar-refractivity contribution in [2.45, 2.75) is 12.5 Å². The molecule has 2 rings (SSSR count). The lowest BCUT2D eigenvalue weighted by Gasteiger charge is -2.09. The highest BCUT2D eigenvalue weighted by atomic mass is 79.9. The Morgan fingerprint density at radius 1 is 1.12 bits per heavy atom. The lowest BCUT2D eigenvalue weighted by molar-refractivity contribution is 0.462. The van der Waals surface area contributed by atoms with E-state index in [1.807, 2.05) is 18.2 Å². The minimum atomic E-state index is -0.120. The second-order valence-electron chi connectivity index (χ2n) is 3.57. The Balaban J connectivity index is 2.10. The molecular formula is C12H11Br2NO. The molecule has 16 heavy (non-hydrogen) atoms. The van der Waals surface area contributed by atoms with Crippen LogP contribution in [0.1, 0.15) is 17.4 Å². The van der Waals surface area contributed by atoms with E-state index >= 15 is 0 Å². The fraction of sp³-hybridized carbons (Fsp3) is 0.167. The molecule has 0 aliphatic carbocycles. The van der Waals surface area contributed by atoms with Crippen LogP contribution < -0.4 is 5.73 Å². The minimum absolute atomic E-state index is 0.120. The molecule has 1 aromatic heterocycles. The maximum atomic E-state index is 6.07. The SMILES string of the molecule is NC(Cc1ccc(Br)cc1)c1occc1Br. The number of hydrogen-bond acceptors (Lipinski definition) is 2. The molecule has 1 aromatic carbocycles. The fourth-order valence-electron chi connectivity index (χ4n) is 1.54. The van der Waals surface area contributed by atoms with E-state index < -0.39 is 0 Å². The van der Waals surface area contributed by atoms with Crippen molar-refractivity contribution >= 4 is 31.9 Å². The maximum absolute atomic E-state index is 6.07. The predicted molar refractivity (Wildman–Crippen MR) is 71.2 cm³/mol. The van der Waals surface area contributed by atoms with Crippen LogP contribution in [0.15, 0.2) is 50.0 Å². The quantitative estimate of drug-likeness (QED) is 0.912. The zero-order chi connectivity index (χ0) is 11.5. The van der Waals surface area contributed by atoms with E-state index in [0.29, 0.717) is 0 Å². The maximum Gasteiger partial charge on any atom is 0.134 e. The summed E-state index contributed by atoms with van der Waals surface area (Å²) in [5, 5.41) is 0. The van der Waals surface area contributed by atoms with Crippen LogP contribution in [0.3, 0.4) is 0 Å². The van der Waals surface area contributed by atoms with Gasteiger partial charge in [-0.25, -0.2) is 0 Å². The van der Waals surface area contributed by atoms with Crippen LogP contribution in [0.5, 0.6) is 0 Å². The summed E-state index contributed by atoms with van der Waals surface area (Å²) in [7, 11) is 0. The molecule has 0 aliphatic heterocycles. The second-order valence-corrected chi connectivity index (χ2v) is 5.34. The summed E-state index contributed by atoms with van der Waals surface area (Å²) in [5.74, 6) is 0.794. The van der Waals surface area contributed by atoms with Gasteiger partial charge in [0.1, 0.15) is 5.76 Å². The second kappa shape index (κ2) is 5.17. The highest BCUT2D eigenvalue weighted by molar-refractivity contribution is 9.10. The summed E-state index contributed by atoms with van der Waals surface area (Å²) in [6, 6.07) is 9.88. The number of benzene rings is 1. The summed E-state index contributed by atoms with van der Waals surface area (Å²) >= 11 is 6.82. The monoisotopic (exact) mass is 343 g/mol. The third kappa shape index (κ3) is 2.75. The van der Waals surface area contributed by atoms with Crippen molar-refractivity contribution in [2.24, 2.45) is 5.73 Å². The summed E-state index contributed by atoms with van der Waals surface area (Å²) in [6.07, 6.45) is 2.40. The molecule has 0 bridgehead atoms. The van der Waals surface area contributed by atoms with Gasteiger partial charge in [0.15, 0.2) is 0 Å². The Morgan fingerprint density at radius 3 is 2.38 bits per heavy atom. The first-order valence-corrected chi connectivity index (χ1v) is 6.48. The Morgan fingerprint density at radius 2 is 1.81 bits per heavy atom. The van der Waals surface area contributed by atoms with E-state index in [1.165, 1.54) is 5.56 Å². The van der Waals surface area contributed by atoms with Crippen molar-refractivity contribution in [1.82, 2.24) is 0 Å². The van der Waals surface area contributed by atoms with Gasteiger partial charge in [0.2, 0.25) is 0 Å². The van der Waals surface area contributed by atoms with Gasteiger partial charge in [0.05, 0.1) is 16.8 Å². The van der Waals surface area contributed by atoms with Crippen molar-refractivity contribution in [3.63, 3.8) is 0 Å². The molecule has 0 aliphatic rings. The van der Waals surface area contributed by atoms with E-state index in [1.54, 1.807) is 6.26 Å². The Bertz CT molecular complexity index is 464. The Kier molecular flexibility index (Phi) is 3.84.